The van der Waals surface area contributed by atoms with Crippen LogP contribution >= 0.6 is 0 Å². The molecule has 94 valence electrons. The van der Waals surface area contributed by atoms with E-state index in [0.717, 1.165) is 18.8 Å². The maximum Gasteiger partial charge on any atom is 0.0621 e. The van der Waals surface area contributed by atoms with E-state index in [-0.39, 0.29) is 0 Å². The van der Waals surface area contributed by atoms with Crippen LogP contribution in [0.15, 0.2) is 0 Å². The van der Waals surface area contributed by atoms with Crippen LogP contribution in [0.1, 0.15) is 84.5 Å². The Morgan fingerprint density at radius 3 is 2.00 bits per heavy atom. The molecule has 16 heavy (non-hydrogen) atoms. The molecular weight excluding hydrogens is 194 g/mol. The number of nitriles is 1. The van der Waals surface area contributed by atoms with Crippen molar-refractivity contribution in [3.63, 3.8) is 0 Å². The van der Waals surface area contributed by atoms with Crippen molar-refractivity contribution in [1.29, 1.82) is 5.26 Å². The van der Waals surface area contributed by atoms with Gasteiger partial charge in [-0.3, -0.25) is 0 Å². The molecule has 0 aliphatic carbocycles. The zero-order chi connectivity index (χ0) is 12.1. The molecule has 1 heteroatoms. The van der Waals surface area contributed by atoms with Gasteiger partial charge in [-0.2, -0.15) is 5.26 Å². The van der Waals surface area contributed by atoms with Crippen molar-refractivity contribution in [2.45, 2.75) is 84.5 Å². The Morgan fingerprint density at radius 2 is 1.44 bits per heavy atom. The summed E-state index contributed by atoms with van der Waals surface area (Å²) in [6.45, 7) is 4.54. The van der Waals surface area contributed by atoms with Crippen LogP contribution in [0.3, 0.4) is 0 Å². The second-order valence-electron chi connectivity index (χ2n) is 5.07. The second-order valence-corrected chi connectivity index (χ2v) is 5.07. The first kappa shape index (κ1) is 15.5. The highest BCUT2D eigenvalue weighted by Gasteiger charge is 2.01. The summed E-state index contributed by atoms with van der Waals surface area (Å²) in [5.41, 5.74) is 0. The predicted molar refractivity (Wildman–Crippen MR) is 71.2 cm³/mol. The molecular formula is C15H29N. The molecule has 0 aliphatic heterocycles. The lowest BCUT2D eigenvalue weighted by atomic mass is 9.98. The highest BCUT2D eigenvalue weighted by molar-refractivity contribution is 4.70. The van der Waals surface area contributed by atoms with Crippen molar-refractivity contribution in [2.24, 2.45) is 5.92 Å². The molecule has 1 nitrogen and oxygen atoms in total. The molecule has 0 amide bonds. The van der Waals surface area contributed by atoms with E-state index in [1.54, 1.807) is 0 Å². The Balaban J connectivity index is 3.06. The average molecular weight is 223 g/mol. The van der Waals surface area contributed by atoms with Gasteiger partial charge in [0.1, 0.15) is 0 Å². The molecule has 0 radical (unpaired) electrons. The van der Waals surface area contributed by atoms with E-state index in [9.17, 15) is 0 Å². The van der Waals surface area contributed by atoms with E-state index < -0.39 is 0 Å². The first-order valence-electron chi connectivity index (χ1n) is 7.18. The molecule has 1 atom stereocenters. The maximum absolute atomic E-state index is 8.48. The van der Waals surface area contributed by atoms with Gasteiger partial charge < -0.3 is 0 Å². The minimum atomic E-state index is 0.734. The van der Waals surface area contributed by atoms with Crippen molar-refractivity contribution in [1.82, 2.24) is 0 Å². The van der Waals surface area contributed by atoms with E-state index in [4.69, 9.17) is 5.26 Å². The zero-order valence-corrected chi connectivity index (χ0v) is 11.3. The van der Waals surface area contributed by atoms with Crippen LogP contribution < -0.4 is 0 Å². The molecule has 0 heterocycles. The lowest BCUT2D eigenvalue weighted by molar-refractivity contribution is 0.459. The van der Waals surface area contributed by atoms with Gasteiger partial charge in [-0.05, 0) is 12.3 Å². The molecule has 1 unspecified atom stereocenters. The topological polar surface area (TPSA) is 23.8 Å². The Hall–Kier alpha value is -0.510. The normalized spacial score (nSPS) is 12.3. The number of unbranched alkanes of at least 4 members (excludes halogenated alkanes) is 7. The van der Waals surface area contributed by atoms with Crippen LogP contribution in [-0.2, 0) is 0 Å². The molecule has 0 N–H and O–H groups in total. The van der Waals surface area contributed by atoms with Gasteiger partial charge in [-0.25, -0.2) is 0 Å². The lowest BCUT2D eigenvalue weighted by Crippen LogP contribution is -1.94. The Labute approximate surface area is 102 Å². The molecule has 0 fully saturated rings. The van der Waals surface area contributed by atoms with E-state index in [0.29, 0.717) is 0 Å². The Bertz CT molecular complexity index is 169. The first-order valence-corrected chi connectivity index (χ1v) is 7.18. The quantitative estimate of drug-likeness (QED) is 0.427. The van der Waals surface area contributed by atoms with Crippen LogP contribution in [0.2, 0.25) is 0 Å². The fourth-order valence-electron chi connectivity index (χ4n) is 2.08. The molecule has 0 bridgehead atoms. The number of nitrogens with zero attached hydrogens (tertiary/aromatic N) is 1. The van der Waals surface area contributed by atoms with Crippen LogP contribution in [-0.4, -0.2) is 0 Å². The standard InChI is InChI=1S/C15H29N/c1-3-4-5-6-7-8-9-10-12-15(2)13-11-14-16/h15H,3-13H2,1-2H3. The summed E-state index contributed by atoms with van der Waals surface area (Å²) in [5, 5.41) is 8.48. The van der Waals surface area contributed by atoms with Gasteiger partial charge >= 0.3 is 0 Å². The number of rotatable bonds is 11. The number of hydrogen-bond acceptors (Lipinski definition) is 1. The average Bonchev–Trinajstić information content (AvgIpc) is 2.30. The molecule has 0 aromatic carbocycles. The van der Waals surface area contributed by atoms with Crippen molar-refractivity contribution < 1.29 is 0 Å². The lowest BCUT2D eigenvalue weighted by Gasteiger charge is -2.08. The molecule has 0 aliphatic rings. The van der Waals surface area contributed by atoms with Crippen LogP contribution in [0.25, 0.3) is 0 Å². The fourth-order valence-corrected chi connectivity index (χ4v) is 2.08. The van der Waals surface area contributed by atoms with Gasteiger partial charge in [0, 0.05) is 6.42 Å². The van der Waals surface area contributed by atoms with Crippen molar-refractivity contribution >= 4 is 0 Å². The monoisotopic (exact) mass is 223 g/mol. The SMILES string of the molecule is CCCCCCCCCCC(C)CCC#N. The fraction of sp³-hybridized carbons (Fsp3) is 0.933. The summed E-state index contributed by atoms with van der Waals surface area (Å²) >= 11 is 0. The second kappa shape index (κ2) is 12.6. The van der Waals surface area contributed by atoms with Crippen molar-refractivity contribution in [3.8, 4) is 6.07 Å². The van der Waals surface area contributed by atoms with Gasteiger partial charge in [0.05, 0.1) is 6.07 Å². The van der Waals surface area contributed by atoms with Gasteiger partial charge in [-0.15, -0.1) is 0 Å². The minimum absolute atomic E-state index is 0.734. The molecule has 0 aromatic rings. The minimum Gasteiger partial charge on any atom is -0.198 e. The van der Waals surface area contributed by atoms with E-state index in [2.05, 4.69) is 19.9 Å². The third kappa shape index (κ3) is 11.6. The van der Waals surface area contributed by atoms with Gasteiger partial charge in [0.15, 0.2) is 0 Å². The smallest absolute Gasteiger partial charge is 0.0621 e. The van der Waals surface area contributed by atoms with Crippen molar-refractivity contribution in [2.75, 3.05) is 0 Å². The molecule has 0 saturated heterocycles. The van der Waals surface area contributed by atoms with E-state index in [1.165, 1.54) is 57.8 Å². The van der Waals surface area contributed by atoms with Gasteiger partial charge in [0.2, 0.25) is 0 Å². The predicted octanol–water partition coefficient (Wildman–Crippen LogP) is 5.46. The Kier molecular flexibility index (Phi) is 12.2. The molecule has 0 spiro atoms. The highest BCUT2D eigenvalue weighted by atomic mass is 14.2. The third-order valence-corrected chi connectivity index (χ3v) is 3.30. The Morgan fingerprint density at radius 1 is 0.875 bits per heavy atom. The van der Waals surface area contributed by atoms with E-state index >= 15 is 0 Å². The largest absolute Gasteiger partial charge is 0.198 e. The van der Waals surface area contributed by atoms with Crippen LogP contribution in [0.5, 0.6) is 0 Å². The summed E-state index contributed by atoms with van der Waals surface area (Å²) in [5.74, 6) is 0.750. The third-order valence-electron chi connectivity index (χ3n) is 3.30. The maximum atomic E-state index is 8.48. The van der Waals surface area contributed by atoms with Gasteiger partial charge in [-0.1, -0.05) is 71.6 Å². The first-order chi connectivity index (χ1) is 7.81. The van der Waals surface area contributed by atoms with Crippen molar-refractivity contribution in [3.05, 3.63) is 0 Å². The molecule has 0 aromatic heterocycles. The summed E-state index contributed by atoms with van der Waals surface area (Å²) in [6.07, 6.45) is 14.3. The summed E-state index contributed by atoms with van der Waals surface area (Å²) in [6, 6.07) is 2.23. The van der Waals surface area contributed by atoms with Gasteiger partial charge in [0.25, 0.3) is 0 Å². The van der Waals surface area contributed by atoms with E-state index in [1.807, 2.05) is 0 Å². The molecule has 0 saturated carbocycles. The summed E-state index contributed by atoms with van der Waals surface area (Å²) in [4.78, 5) is 0. The zero-order valence-electron chi connectivity index (χ0n) is 11.3. The molecule has 0 rings (SSSR count). The number of hydrogen-bond donors (Lipinski definition) is 0. The van der Waals surface area contributed by atoms with Crippen LogP contribution in [0, 0.1) is 17.2 Å². The summed E-state index contributed by atoms with van der Waals surface area (Å²) < 4.78 is 0. The summed E-state index contributed by atoms with van der Waals surface area (Å²) in [7, 11) is 0. The van der Waals surface area contributed by atoms with Crippen LogP contribution in [0.4, 0.5) is 0 Å². The highest BCUT2D eigenvalue weighted by Crippen LogP contribution is 2.16.